The van der Waals surface area contributed by atoms with Crippen molar-refractivity contribution in [3.05, 3.63) is 65.5 Å². The molecule has 2 rings (SSSR count). The first-order chi connectivity index (χ1) is 10.1. The SMILES string of the molecule is CCNC(c1ccccc1)C(C)Oc1ccc(F)c(C)c1. The summed E-state index contributed by atoms with van der Waals surface area (Å²) >= 11 is 0. The highest BCUT2D eigenvalue weighted by molar-refractivity contribution is 5.29. The first-order valence-electron chi connectivity index (χ1n) is 7.33. The third-order valence-corrected chi connectivity index (χ3v) is 3.50. The van der Waals surface area contributed by atoms with Crippen LogP contribution in [0.5, 0.6) is 5.75 Å². The summed E-state index contributed by atoms with van der Waals surface area (Å²) in [6.07, 6.45) is -0.0581. The predicted molar refractivity (Wildman–Crippen MR) is 84.1 cm³/mol. The van der Waals surface area contributed by atoms with Crippen LogP contribution in [0.15, 0.2) is 48.5 Å². The number of ether oxygens (including phenoxy) is 1. The van der Waals surface area contributed by atoms with Crippen LogP contribution in [-0.2, 0) is 0 Å². The van der Waals surface area contributed by atoms with Gasteiger partial charge in [-0.2, -0.15) is 0 Å². The van der Waals surface area contributed by atoms with Crippen LogP contribution in [0.25, 0.3) is 0 Å². The van der Waals surface area contributed by atoms with E-state index in [0.717, 1.165) is 6.54 Å². The molecule has 0 radical (unpaired) electrons. The quantitative estimate of drug-likeness (QED) is 0.857. The Labute approximate surface area is 126 Å². The van der Waals surface area contributed by atoms with Gasteiger partial charge in [-0.15, -0.1) is 0 Å². The Morgan fingerprint density at radius 2 is 1.86 bits per heavy atom. The molecule has 0 aliphatic heterocycles. The molecule has 0 saturated carbocycles. The molecule has 21 heavy (non-hydrogen) atoms. The topological polar surface area (TPSA) is 21.3 Å². The minimum absolute atomic E-state index is 0.0581. The number of nitrogens with one attached hydrogen (secondary N) is 1. The Kier molecular flexibility index (Phi) is 5.34. The van der Waals surface area contributed by atoms with Crippen molar-refractivity contribution in [3.8, 4) is 5.75 Å². The largest absolute Gasteiger partial charge is 0.489 e. The van der Waals surface area contributed by atoms with Crippen LogP contribution >= 0.6 is 0 Å². The second-order valence-electron chi connectivity index (χ2n) is 5.18. The molecule has 0 aromatic heterocycles. The summed E-state index contributed by atoms with van der Waals surface area (Å²) in [6.45, 7) is 6.70. The third-order valence-electron chi connectivity index (χ3n) is 3.50. The lowest BCUT2D eigenvalue weighted by molar-refractivity contribution is 0.171. The van der Waals surface area contributed by atoms with Gasteiger partial charge < -0.3 is 10.1 Å². The van der Waals surface area contributed by atoms with E-state index in [1.807, 2.05) is 25.1 Å². The third kappa shape index (κ3) is 4.05. The number of hydrogen-bond donors (Lipinski definition) is 1. The molecule has 2 nitrogen and oxygen atoms in total. The zero-order valence-electron chi connectivity index (χ0n) is 12.8. The zero-order valence-corrected chi connectivity index (χ0v) is 12.8. The van der Waals surface area contributed by atoms with Crippen LogP contribution in [0.1, 0.15) is 31.0 Å². The van der Waals surface area contributed by atoms with Crippen LogP contribution in [0, 0.1) is 12.7 Å². The molecule has 0 spiro atoms. The monoisotopic (exact) mass is 287 g/mol. The highest BCUT2D eigenvalue weighted by Crippen LogP contribution is 2.23. The minimum Gasteiger partial charge on any atom is -0.489 e. The molecule has 2 unspecified atom stereocenters. The van der Waals surface area contributed by atoms with Gasteiger partial charge in [-0.25, -0.2) is 4.39 Å². The summed E-state index contributed by atoms with van der Waals surface area (Å²) in [5.41, 5.74) is 1.78. The molecule has 0 fully saturated rings. The number of rotatable bonds is 6. The molecular weight excluding hydrogens is 265 g/mol. The smallest absolute Gasteiger partial charge is 0.126 e. The van der Waals surface area contributed by atoms with Crippen LogP contribution < -0.4 is 10.1 Å². The predicted octanol–water partition coefficient (Wildman–Crippen LogP) is 4.25. The van der Waals surface area contributed by atoms with Gasteiger partial charge in [0.25, 0.3) is 0 Å². The first-order valence-corrected chi connectivity index (χ1v) is 7.33. The number of aryl methyl sites for hydroxylation is 1. The van der Waals surface area contributed by atoms with Gasteiger partial charge in [0, 0.05) is 0 Å². The number of halogens is 1. The molecule has 0 bridgehead atoms. The minimum atomic E-state index is -0.207. The lowest BCUT2D eigenvalue weighted by Gasteiger charge is -2.26. The second-order valence-corrected chi connectivity index (χ2v) is 5.18. The summed E-state index contributed by atoms with van der Waals surface area (Å²) in [4.78, 5) is 0. The van der Waals surface area contributed by atoms with Gasteiger partial charge in [0.15, 0.2) is 0 Å². The van der Waals surface area contributed by atoms with Gasteiger partial charge in [0.2, 0.25) is 0 Å². The van der Waals surface area contributed by atoms with E-state index in [2.05, 4.69) is 24.4 Å². The average molecular weight is 287 g/mol. The average Bonchev–Trinajstić information content (AvgIpc) is 2.49. The maximum atomic E-state index is 13.3. The van der Waals surface area contributed by atoms with Crippen molar-refractivity contribution in [1.29, 1.82) is 0 Å². The zero-order chi connectivity index (χ0) is 15.2. The Bertz CT molecular complexity index is 571. The highest BCUT2D eigenvalue weighted by atomic mass is 19.1. The van der Waals surface area contributed by atoms with E-state index in [9.17, 15) is 4.39 Å². The van der Waals surface area contributed by atoms with E-state index in [4.69, 9.17) is 4.74 Å². The normalized spacial score (nSPS) is 13.7. The van der Waals surface area contributed by atoms with Crippen molar-refractivity contribution in [3.63, 3.8) is 0 Å². The summed E-state index contributed by atoms with van der Waals surface area (Å²) in [5, 5.41) is 3.45. The Balaban J connectivity index is 2.15. The fourth-order valence-electron chi connectivity index (χ4n) is 2.41. The fraction of sp³-hybridized carbons (Fsp3) is 0.333. The number of hydrogen-bond acceptors (Lipinski definition) is 2. The second kappa shape index (κ2) is 7.23. The lowest BCUT2D eigenvalue weighted by atomic mass is 10.0. The molecule has 2 atom stereocenters. The molecule has 112 valence electrons. The molecule has 0 heterocycles. The van der Waals surface area contributed by atoms with Crippen molar-refractivity contribution in [1.82, 2.24) is 5.32 Å². The van der Waals surface area contributed by atoms with Gasteiger partial charge in [0.1, 0.15) is 17.7 Å². The van der Waals surface area contributed by atoms with Gasteiger partial charge in [-0.1, -0.05) is 37.3 Å². The molecule has 1 N–H and O–H groups in total. The van der Waals surface area contributed by atoms with E-state index >= 15 is 0 Å². The summed E-state index contributed by atoms with van der Waals surface area (Å²) < 4.78 is 19.3. The molecule has 0 amide bonds. The Hall–Kier alpha value is -1.87. The van der Waals surface area contributed by atoms with Crippen molar-refractivity contribution >= 4 is 0 Å². The van der Waals surface area contributed by atoms with Crippen molar-refractivity contribution in [2.75, 3.05) is 6.54 Å². The van der Waals surface area contributed by atoms with Gasteiger partial charge in [-0.3, -0.25) is 0 Å². The van der Waals surface area contributed by atoms with Gasteiger partial charge in [0.05, 0.1) is 6.04 Å². The van der Waals surface area contributed by atoms with Gasteiger partial charge in [-0.05, 0) is 49.7 Å². The van der Waals surface area contributed by atoms with Crippen molar-refractivity contribution in [2.24, 2.45) is 0 Å². The summed E-state index contributed by atoms with van der Waals surface area (Å²) in [6, 6.07) is 15.2. The number of benzene rings is 2. The molecule has 0 saturated heterocycles. The molecule has 0 aliphatic carbocycles. The van der Waals surface area contributed by atoms with Crippen LogP contribution in [0.4, 0.5) is 4.39 Å². The van der Waals surface area contributed by atoms with E-state index in [0.29, 0.717) is 11.3 Å². The molecular formula is C18H22FNO. The van der Waals surface area contributed by atoms with Crippen LogP contribution in [0.3, 0.4) is 0 Å². The molecule has 3 heteroatoms. The van der Waals surface area contributed by atoms with E-state index in [1.54, 1.807) is 19.1 Å². The van der Waals surface area contributed by atoms with Gasteiger partial charge >= 0.3 is 0 Å². The highest BCUT2D eigenvalue weighted by Gasteiger charge is 2.20. The first kappa shape index (κ1) is 15.5. The summed E-state index contributed by atoms with van der Waals surface area (Å²) in [5.74, 6) is 0.488. The maximum Gasteiger partial charge on any atom is 0.126 e. The van der Waals surface area contributed by atoms with Crippen LogP contribution in [-0.4, -0.2) is 12.6 Å². The fourth-order valence-corrected chi connectivity index (χ4v) is 2.41. The maximum absolute atomic E-state index is 13.3. The Morgan fingerprint density at radius 1 is 1.14 bits per heavy atom. The van der Waals surface area contributed by atoms with Crippen molar-refractivity contribution in [2.45, 2.75) is 32.9 Å². The summed E-state index contributed by atoms with van der Waals surface area (Å²) in [7, 11) is 0. The van der Waals surface area contributed by atoms with Crippen molar-refractivity contribution < 1.29 is 9.13 Å². The lowest BCUT2D eigenvalue weighted by Crippen LogP contribution is -2.33. The van der Waals surface area contributed by atoms with E-state index in [1.165, 1.54) is 11.6 Å². The van der Waals surface area contributed by atoms with Crippen LogP contribution in [0.2, 0.25) is 0 Å². The molecule has 2 aromatic rings. The Morgan fingerprint density at radius 3 is 2.48 bits per heavy atom. The van der Waals surface area contributed by atoms with E-state index in [-0.39, 0.29) is 18.0 Å². The molecule has 0 aliphatic rings. The van der Waals surface area contributed by atoms with E-state index < -0.39 is 0 Å². The number of likely N-dealkylation sites (N-methyl/N-ethyl adjacent to an activating group) is 1. The standard InChI is InChI=1S/C18H22FNO/c1-4-20-18(15-8-6-5-7-9-15)14(3)21-16-10-11-17(19)13(2)12-16/h5-12,14,18,20H,4H2,1-3H3. The molecule has 2 aromatic carbocycles.